The van der Waals surface area contributed by atoms with Gasteiger partial charge in [-0.3, -0.25) is 14.9 Å². The van der Waals surface area contributed by atoms with Gasteiger partial charge in [0.15, 0.2) is 0 Å². The fraction of sp³-hybridized carbons (Fsp3) is 0.200. The lowest BCUT2D eigenvalue weighted by atomic mass is 10.1. The smallest absolute Gasteiger partial charge is 0.325 e. The van der Waals surface area contributed by atoms with Crippen molar-refractivity contribution in [2.75, 3.05) is 6.54 Å². The van der Waals surface area contributed by atoms with Gasteiger partial charge in [-0.15, -0.1) is 0 Å². The molecule has 1 aromatic carbocycles. The molecule has 1 atom stereocenters. The summed E-state index contributed by atoms with van der Waals surface area (Å²) >= 11 is 11.6. The predicted molar refractivity (Wildman–Crippen MR) is 62.5 cm³/mol. The zero-order valence-electron chi connectivity index (χ0n) is 8.48. The minimum absolute atomic E-state index is 0.0967. The van der Waals surface area contributed by atoms with Crippen molar-refractivity contribution < 1.29 is 19.8 Å². The molecule has 0 aliphatic heterocycles. The van der Waals surface area contributed by atoms with Crippen LogP contribution < -0.4 is 5.32 Å². The molecular weight excluding hydrogens is 269 g/mol. The molecule has 17 heavy (non-hydrogen) atoms. The van der Waals surface area contributed by atoms with Crippen molar-refractivity contribution in [1.29, 1.82) is 0 Å². The number of halogens is 2. The number of rotatable bonds is 5. The van der Waals surface area contributed by atoms with Crippen LogP contribution >= 0.6 is 23.2 Å². The number of carbonyl (C=O) groups is 2. The summed E-state index contributed by atoms with van der Waals surface area (Å²) in [6, 6.07) is 3.32. The maximum Gasteiger partial charge on any atom is 0.325 e. The lowest BCUT2D eigenvalue weighted by Gasteiger charge is -2.15. The van der Waals surface area contributed by atoms with Gasteiger partial charge in [0.1, 0.15) is 6.04 Å². The molecule has 0 aromatic heterocycles. The largest absolute Gasteiger partial charge is 0.480 e. The van der Waals surface area contributed by atoms with E-state index >= 15 is 0 Å². The number of aliphatic carboxylic acids is 2. The van der Waals surface area contributed by atoms with E-state index in [2.05, 4.69) is 5.32 Å². The Balaban J connectivity index is 3.01. The summed E-state index contributed by atoms with van der Waals surface area (Å²) in [4.78, 5) is 21.4. The van der Waals surface area contributed by atoms with Gasteiger partial charge in [-0.2, -0.15) is 0 Å². The van der Waals surface area contributed by atoms with E-state index in [1.54, 1.807) is 6.07 Å². The number of carboxylic acids is 2. The van der Waals surface area contributed by atoms with E-state index in [0.717, 1.165) is 0 Å². The zero-order chi connectivity index (χ0) is 13.0. The van der Waals surface area contributed by atoms with Crippen LogP contribution in [0.2, 0.25) is 10.0 Å². The van der Waals surface area contributed by atoms with Crippen molar-refractivity contribution in [3.63, 3.8) is 0 Å². The second-order valence-corrected chi connectivity index (χ2v) is 3.97. The molecule has 0 amide bonds. The van der Waals surface area contributed by atoms with Crippen LogP contribution in [0.25, 0.3) is 0 Å². The molecule has 0 saturated heterocycles. The first kappa shape index (κ1) is 13.8. The Hall–Kier alpha value is -1.30. The molecule has 0 fully saturated rings. The van der Waals surface area contributed by atoms with Crippen LogP contribution in [0.4, 0.5) is 0 Å². The Morgan fingerprint density at radius 3 is 2.47 bits per heavy atom. The fourth-order valence-electron chi connectivity index (χ4n) is 1.26. The van der Waals surface area contributed by atoms with Crippen molar-refractivity contribution in [1.82, 2.24) is 5.32 Å². The molecule has 0 spiro atoms. The lowest BCUT2D eigenvalue weighted by molar-refractivity contribution is -0.140. The highest BCUT2D eigenvalue weighted by Gasteiger charge is 2.23. The van der Waals surface area contributed by atoms with E-state index in [9.17, 15) is 9.59 Å². The number of hydrogen-bond donors (Lipinski definition) is 3. The lowest BCUT2D eigenvalue weighted by Crippen LogP contribution is -2.32. The van der Waals surface area contributed by atoms with E-state index in [0.29, 0.717) is 0 Å². The van der Waals surface area contributed by atoms with E-state index in [-0.39, 0.29) is 15.6 Å². The molecule has 7 heteroatoms. The Bertz CT molecular complexity index is 450. The molecule has 92 valence electrons. The second-order valence-electron chi connectivity index (χ2n) is 3.19. The summed E-state index contributed by atoms with van der Waals surface area (Å²) in [6.07, 6.45) is 0. The molecule has 0 radical (unpaired) electrons. The molecule has 0 saturated carbocycles. The van der Waals surface area contributed by atoms with Crippen molar-refractivity contribution >= 4 is 35.1 Å². The third-order valence-electron chi connectivity index (χ3n) is 2.00. The van der Waals surface area contributed by atoms with Crippen molar-refractivity contribution in [3.8, 4) is 0 Å². The molecule has 5 nitrogen and oxygen atoms in total. The van der Waals surface area contributed by atoms with Crippen LogP contribution in [0, 0.1) is 0 Å². The van der Waals surface area contributed by atoms with Crippen molar-refractivity contribution in [2.45, 2.75) is 6.04 Å². The zero-order valence-corrected chi connectivity index (χ0v) is 10.00. The average molecular weight is 278 g/mol. The SMILES string of the molecule is O=C(O)CNC(C(=O)O)c1cccc(Cl)c1Cl. The van der Waals surface area contributed by atoms with E-state index < -0.39 is 24.5 Å². The molecule has 0 heterocycles. The van der Waals surface area contributed by atoms with Gasteiger partial charge < -0.3 is 10.2 Å². The average Bonchev–Trinajstić information content (AvgIpc) is 2.23. The highest BCUT2D eigenvalue weighted by atomic mass is 35.5. The molecule has 1 rings (SSSR count). The molecule has 3 N–H and O–H groups in total. The van der Waals surface area contributed by atoms with Crippen LogP contribution in [-0.4, -0.2) is 28.7 Å². The van der Waals surface area contributed by atoms with Crippen LogP contribution in [0.15, 0.2) is 18.2 Å². The van der Waals surface area contributed by atoms with Crippen LogP contribution in [0.1, 0.15) is 11.6 Å². The highest BCUT2D eigenvalue weighted by Crippen LogP contribution is 2.29. The van der Waals surface area contributed by atoms with Gasteiger partial charge in [0, 0.05) is 5.56 Å². The van der Waals surface area contributed by atoms with Crippen LogP contribution in [0.5, 0.6) is 0 Å². The molecule has 1 unspecified atom stereocenters. The molecule has 0 aliphatic carbocycles. The monoisotopic (exact) mass is 277 g/mol. The summed E-state index contributed by atoms with van der Waals surface area (Å²) < 4.78 is 0. The van der Waals surface area contributed by atoms with Crippen LogP contribution in [-0.2, 0) is 9.59 Å². The first-order valence-corrected chi connectivity index (χ1v) is 5.31. The summed E-state index contributed by atoms with van der Waals surface area (Å²) in [5.74, 6) is -2.38. The van der Waals surface area contributed by atoms with Gasteiger partial charge in [0.05, 0.1) is 16.6 Å². The first-order valence-electron chi connectivity index (χ1n) is 4.55. The molecular formula is C10H9Cl2NO4. The maximum atomic E-state index is 11.0. The van der Waals surface area contributed by atoms with Gasteiger partial charge in [0.2, 0.25) is 0 Å². The standard InChI is InChI=1S/C10H9Cl2NO4/c11-6-3-1-2-5(8(6)12)9(10(16)17)13-4-7(14)15/h1-3,9,13H,4H2,(H,14,15)(H,16,17). The highest BCUT2D eigenvalue weighted by molar-refractivity contribution is 6.42. The summed E-state index contributed by atoms with van der Waals surface area (Å²) in [5, 5.41) is 20.2. The van der Waals surface area contributed by atoms with Gasteiger partial charge in [-0.1, -0.05) is 35.3 Å². The number of carboxylic acid groups (broad SMARTS) is 2. The molecule has 1 aromatic rings. The van der Waals surface area contributed by atoms with Gasteiger partial charge >= 0.3 is 11.9 Å². The topological polar surface area (TPSA) is 86.6 Å². The van der Waals surface area contributed by atoms with Gasteiger partial charge in [-0.25, -0.2) is 0 Å². The molecule has 0 aliphatic rings. The van der Waals surface area contributed by atoms with Crippen molar-refractivity contribution in [2.24, 2.45) is 0 Å². The minimum Gasteiger partial charge on any atom is -0.480 e. The first-order chi connectivity index (χ1) is 7.93. The quantitative estimate of drug-likeness (QED) is 0.764. The van der Waals surface area contributed by atoms with Gasteiger partial charge in [-0.05, 0) is 6.07 Å². The van der Waals surface area contributed by atoms with Crippen molar-refractivity contribution in [3.05, 3.63) is 33.8 Å². The Kier molecular flexibility index (Phi) is 4.74. The van der Waals surface area contributed by atoms with E-state index in [4.69, 9.17) is 33.4 Å². The van der Waals surface area contributed by atoms with Crippen LogP contribution in [0.3, 0.4) is 0 Å². The summed E-state index contributed by atoms with van der Waals surface area (Å²) in [5.41, 5.74) is 0.230. The minimum atomic E-state index is -1.23. The summed E-state index contributed by atoms with van der Waals surface area (Å²) in [7, 11) is 0. The van der Waals surface area contributed by atoms with E-state index in [1.165, 1.54) is 12.1 Å². The fourth-order valence-corrected chi connectivity index (χ4v) is 1.68. The normalized spacial score (nSPS) is 12.1. The van der Waals surface area contributed by atoms with Gasteiger partial charge in [0.25, 0.3) is 0 Å². The Labute approximate surface area is 107 Å². The predicted octanol–water partition coefficient (Wildman–Crippen LogP) is 1.79. The number of nitrogens with one attached hydrogen (secondary N) is 1. The summed E-state index contributed by atoms with van der Waals surface area (Å²) in [6.45, 7) is -0.486. The number of hydrogen-bond acceptors (Lipinski definition) is 3. The Morgan fingerprint density at radius 2 is 1.94 bits per heavy atom. The van der Waals surface area contributed by atoms with E-state index in [1.807, 2.05) is 0 Å². The molecule has 0 bridgehead atoms. The second kappa shape index (κ2) is 5.86. The third kappa shape index (κ3) is 3.59. The maximum absolute atomic E-state index is 11.0. The number of benzene rings is 1. The third-order valence-corrected chi connectivity index (χ3v) is 2.83. The Morgan fingerprint density at radius 1 is 1.29 bits per heavy atom.